The van der Waals surface area contributed by atoms with Gasteiger partial charge < -0.3 is 5.32 Å². The van der Waals surface area contributed by atoms with Crippen molar-refractivity contribution in [2.75, 3.05) is 12.4 Å². The second-order valence-electron chi connectivity index (χ2n) is 6.45. The summed E-state index contributed by atoms with van der Waals surface area (Å²) in [6.45, 7) is 11.1. The van der Waals surface area contributed by atoms with Gasteiger partial charge in [-0.1, -0.05) is 52.8 Å². The van der Waals surface area contributed by atoms with Gasteiger partial charge in [-0.25, -0.2) is 0 Å². The molecule has 0 saturated carbocycles. The van der Waals surface area contributed by atoms with Crippen molar-refractivity contribution in [2.24, 2.45) is 0 Å². The van der Waals surface area contributed by atoms with Crippen LogP contribution in [0.3, 0.4) is 0 Å². The fraction of sp³-hybridized carbons (Fsp3) is 0.471. The topological polar surface area (TPSA) is 24.9 Å². The van der Waals surface area contributed by atoms with Crippen molar-refractivity contribution in [1.29, 1.82) is 0 Å². The second-order valence-corrected chi connectivity index (χ2v) is 6.45. The van der Waals surface area contributed by atoms with Gasteiger partial charge in [0.1, 0.15) is 0 Å². The third kappa shape index (κ3) is 2.58. The molecule has 2 nitrogen and oxygen atoms in total. The molecule has 2 aromatic rings. The first kappa shape index (κ1) is 13.9. The van der Waals surface area contributed by atoms with Crippen LogP contribution in [0.1, 0.15) is 51.8 Å². The zero-order valence-electron chi connectivity index (χ0n) is 12.8. The van der Waals surface area contributed by atoms with E-state index < -0.39 is 0 Å². The van der Waals surface area contributed by atoms with Crippen LogP contribution in [0.25, 0.3) is 10.9 Å². The number of aromatic nitrogens is 1. The summed E-state index contributed by atoms with van der Waals surface area (Å²) < 4.78 is 0. The summed E-state index contributed by atoms with van der Waals surface area (Å²) in [5, 5.41) is 4.51. The van der Waals surface area contributed by atoms with Crippen molar-refractivity contribution in [3.63, 3.8) is 0 Å². The number of anilines is 1. The summed E-state index contributed by atoms with van der Waals surface area (Å²) in [5.41, 5.74) is 4.86. The van der Waals surface area contributed by atoms with Crippen LogP contribution in [0, 0.1) is 0 Å². The molecule has 1 aromatic carbocycles. The number of pyridine rings is 1. The first-order valence-electron chi connectivity index (χ1n) is 6.96. The van der Waals surface area contributed by atoms with Crippen molar-refractivity contribution in [3.05, 3.63) is 35.5 Å². The van der Waals surface area contributed by atoms with Crippen molar-refractivity contribution in [3.8, 4) is 0 Å². The van der Waals surface area contributed by atoms with E-state index in [1.165, 1.54) is 16.6 Å². The van der Waals surface area contributed by atoms with Crippen LogP contribution in [0.5, 0.6) is 0 Å². The number of para-hydroxylation sites is 1. The summed E-state index contributed by atoms with van der Waals surface area (Å²) >= 11 is 0. The van der Waals surface area contributed by atoms with Gasteiger partial charge in [0.05, 0.1) is 5.52 Å². The van der Waals surface area contributed by atoms with E-state index in [0.29, 0.717) is 5.92 Å². The molecule has 1 aromatic heterocycles. The zero-order valence-corrected chi connectivity index (χ0v) is 12.8. The number of nitrogens with zero attached hydrogens (tertiary/aromatic N) is 1. The van der Waals surface area contributed by atoms with Gasteiger partial charge in [-0.3, -0.25) is 4.98 Å². The maximum absolute atomic E-state index is 4.91. The molecule has 0 aliphatic rings. The fourth-order valence-corrected chi connectivity index (χ4v) is 2.38. The Hall–Kier alpha value is -1.57. The smallest absolute Gasteiger partial charge is 0.0763 e. The van der Waals surface area contributed by atoms with Crippen molar-refractivity contribution >= 4 is 16.6 Å². The molecule has 0 spiro atoms. The van der Waals surface area contributed by atoms with Gasteiger partial charge in [0.2, 0.25) is 0 Å². The first-order chi connectivity index (χ1) is 8.84. The van der Waals surface area contributed by atoms with Gasteiger partial charge in [0.25, 0.3) is 0 Å². The minimum absolute atomic E-state index is 0.104. The monoisotopic (exact) mass is 256 g/mol. The Morgan fingerprint density at radius 3 is 2.37 bits per heavy atom. The molecule has 0 radical (unpaired) electrons. The second kappa shape index (κ2) is 4.84. The van der Waals surface area contributed by atoms with Gasteiger partial charge in [-0.15, -0.1) is 0 Å². The van der Waals surface area contributed by atoms with Gasteiger partial charge >= 0.3 is 0 Å². The standard InChI is InChI=1S/C17H24N2/c1-11(2)14-10-15(18-6)12-8-7-9-13(16(12)19-14)17(3,4)5/h7-11H,1-6H3,(H,18,19). The van der Waals surface area contributed by atoms with Crippen LogP contribution in [0.15, 0.2) is 24.3 Å². The lowest BCUT2D eigenvalue weighted by Crippen LogP contribution is -2.13. The third-order valence-corrected chi connectivity index (χ3v) is 3.53. The average molecular weight is 256 g/mol. The molecule has 0 atom stereocenters. The molecule has 0 aliphatic heterocycles. The number of benzene rings is 1. The third-order valence-electron chi connectivity index (χ3n) is 3.53. The van der Waals surface area contributed by atoms with Crippen molar-refractivity contribution in [2.45, 2.75) is 46.0 Å². The van der Waals surface area contributed by atoms with Crippen LogP contribution in [0.2, 0.25) is 0 Å². The van der Waals surface area contributed by atoms with E-state index in [-0.39, 0.29) is 5.41 Å². The normalized spacial score (nSPS) is 12.2. The maximum Gasteiger partial charge on any atom is 0.0763 e. The van der Waals surface area contributed by atoms with E-state index in [4.69, 9.17) is 4.98 Å². The number of fused-ring (bicyclic) bond motifs is 1. The summed E-state index contributed by atoms with van der Waals surface area (Å²) in [6, 6.07) is 8.63. The van der Waals surface area contributed by atoms with E-state index in [9.17, 15) is 0 Å². The fourth-order valence-electron chi connectivity index (χ4n) is 2.38. The predicted octanol–water partition coefficient (Wildman–Crippen LogP) is 4.70. The van der Waals surface area contributed by atoms with Gasteiger partial charge in [-0.2, -0.15) is 0 Å². The molecular weight excluding hydrogens is 232 g/mol. The zero-order chi connectivity index (χ0) is 14.2. The summed E-state index contributed by atoms with van der Waals surface area (Å²) in [7, 11) is 1.97. The molecule has 102 valence electrons. The molecule has 1 heterocycles. The molecule has 0 aliphatic carbocycles. The van der Waals surface area contributed by atoms with Crippen molar-refractivity contribution < 1.29 is 0 Å². The Bertz CT molecular complexity index is 592. The number of rotatable bonds is 2. The quantitative estimate of drug-likeness (QED) is 0.842. The van der Waals surface area contributed by atoms with Gasteiger partial charge in [-0.05, 0) is 23.0 Å². The molecule has 0 saturated heterocycles. The molecule has 19 heavy (non-hydrogen) atoms. The molecule has 2 rings (SSSR count). The van der Waals surface area contributed by atoms with E-state index >= 15 is 0 Å². The van der Waals surface area contributed by atoms with Crippen LogP contribution in [0.4, 0.5) is 5.69 Å². The molecule has 1 N–H and O–H groups in total. The Morgan fingerprint density at radius 1 is 1.16 bits per heavy atom. The Balaban J connectivity index is 2.84. The minimum atomic E-state index is 0.104. The highest BCUT2D eigenvalue weighted by Crippen LogP contribution is 2.33. The lowest BCUT2D eigenvalue weighted by Gasteiger charge is -2.22. The summed E-state index contributed by atoms with van der Waals surface area (Å²) in [4.78, 5) is 4.91. The lowest BCUT2D eigenvalue weighted by atomic mass is 9.85. The van der Waals surface area contributed by atoms with Gasteiger partial charge in [0.15, 0.2) is 0 Å². The molecule has 0 bridgehead atoms. The molecular formula is C17H24N2. The largest absolute Gasteiger partial charge is 0.388 e. The Kier molecular flexibility index (Phi) is 3.53. The predicted molar refractivity (Wildman–Crippen MR) is 84.1 cm³/mol. The van der Waals surface area contributed by atoms with Crippen LogP contribution in [-0.2, 0) is 5.41 Å². The number of hydrogen-bond acceptors (Lipinski definition) is 2. The highest BCUT2D eigenvalue weighted by molar-refractivity contribution is 5.94. The van der Waals surface area contributed by atoms with Crippen LogP contribution in [-0.4, -0.2) is 12.0 Å². The highest BCUT2D eigenvalue weighted by atomic mass is 14.8. The summed E-state index contributed by atoms with van der Waals surface area (Å²) in [6.07, 6.45) is 0. The number of hydrogen-bond donors (Lipinski definition) is 1. The molecule has 0 amide bonds. The number of nitrogens with one attached hydrogen (secondary N) is 1. The van der Waals surface area contributed by atoms with Crippen LogP contribution >= 0.6 is 0 Å². The Morgan fingerprint density at radius 2 is 1.84 bits per heavy atom. The minimum Gasteiger partial charge on any atom is -0.388 e. The average Bonchev–Trinajstić information content (AvgIpc) is 2.35. The van der Waals surface area contributed by atoms with Gasteiger partial charge in [0, 0.05) is 23.8 Å². The Labute approximate surface area is 116 Å². The highest BCUT2D eigenvalue weighted by Gasteiger charge is 2.19. The SMILES string of the molecule is CNc1cc(C(C)C)nc2c(C(C)(C)C)cccc12. The molecule has 2 heteroatoms. The molecule has 0 unspecified atom stereocenters. The first-order valence-corrected chi connectivity index (χ1v) is 6.96. The summed E-state index contributed by atoms with van der Waals surface area (Å²) in [5.74, 6) is 0.435. The van der Waals surface area contributed by atoms with E-state index in [0.717, 1.165) is 11.2 Å². The van der Waals surface area contributed by atoms with Crippen molar-refractivity contribution in [1.82, 2.24) is 4.98 Å². The van der Waals surface area contributed by atoms with E-state index in [2.05, 4.69) is 64.2 Å². The lowest BCUT2D eigenvalue weighted by molar-refractivity contribution is 0.594. The van der Waals surface area contributed by atoms with E-state index in [1.807, 2.05) is 7.05 Å². The maximum atomic E-state index is 4.91. The van der Waals surface area contributed by atoms with Crippen LogP contribution < -0.4 is 5.32 Å². The molecule has 0 fully saturated rings. The van der Waals surface area contributed by atoms with E-state index in [1.54, 1.807) is 0 Å².